The van der Waals surface area contributed by atoms with Crippen molar-refractivity contribution in [2.45, 2.75) is 18.1 Å². The first-order valence-corrected chi connectivity index (χ1v) is 6.25. The van der Waals surface area contributed by atoms with Gasteiger partial charge in [0.2, 0.25) is 0 Å². The zero-order valence-corrected chi connectivity index (χ0v) is 9.50. The van der Waals surface area contributed by atoms with Gasteiger partial charge >= 0.3 is 0 Å². The summed E-state index contributed by atoms with van der Waals surface area (Å²) in [7, 11) is 0. The lowest BCUT2D eigenvalue weighted by atomic mass is 10.2. The molecule has 3 heterocycles. The number of rotatable bonds is 1. The summed E-state index contributed by atoms with van der Waals surface area (Å²) in [4.78, 5) is 4.05. The fourth-order valence-corrected chi connectivity index (χ4v) is 3.19. The van der Waals surface area contributed by atoms with E-state index in [1.807, 2.05) is 16.2 Å². The Labute approximate surface area is 96.1 Å². The van der Waals surface area contributed by atoms with Crippen molar-refractivity contribution < 1.29 is 0 Å². The van der Waals surface area contributed by atoms with Crippen LogP contribution in [0.25, 0.3) is 5.65 Å². The molecule has 1 unspecified atom stereocenters. The van der Waals surface area contributed by atoms with Crippen LogP contribution in [-0.2, 0) is 0 Å². The Morgan fingerprint density at radius 1 is 1.47 bits per heavy atom. The quantitative estimate of drug-likeness (QED) is 0.718. The van der Waals surface area contributed by atoms with Crippen molar-refractivity contribution in [2.75, 3.05) is 5.75 Å². The number of aromatic nitrogens is 4. The van der Waals surface area contributed by atoms with Crippen molar-refractivity contribution in [1.29, 1.82) is 0 Å². The molecule has 0 amide bonds. The molecule has 78 valence electrons. The van der Waals surface area contributed by atoms with E-state index in [1.165, 1.54) is 18.6 Å². The third-order valence-electron chi connectivity index (χ3n) is 2.51. The van der Waals surface area contributed by atoms with Gasteiger partial charge in [-0.15, -0.1) is 10.2 Å². The molecule has 1 aliphatic rings. The Balaban J connectivity index is 2.11. The summed E-state index contributed by atoms with van der Waals surface area (Å²) in [6.45, 7) is 0. The van der Waals surface area contributed by atoms with Gasteiger partial charge in [0.15, 0.2) is 11.5 Å². The van der Waals surface area contributed by atoms with Gasteiger partial charge in [0, 0.05) is 6.07 Å². The second-order valence-corrected chi connectivity index (χ2v) is 5.20. The third kappa shape index (κ3) is 1.59. The number of thioether (sulfide) groups is 1. The molecule has 0 spiro atoms. The maximum atomic E-state index is 5.79. The highest BCUT2D eigenvalue weighted by atomic mass is 35.5. The van der Waals surface area contributed by atoms with E-state index in [9.17, 15) is 0 Å². The summed E-state index contributed by atoms with van der Waals surface area (Å²) in [6, 6.07) is 1.73. The Morgan fingerprint density at radius 3 is 3.20 bits per heavy atom. The van der Waals surface area contributed by atoms with Crippen molar-refractivity contribution in [2.24, 2.45) is 0 Å². The molecular formula is C9H9ClN4S. The fourth-order valence-electron chi connectivity index (χ4n) is 1.79. The lowest BCUT2D eigenvalue weighted by molar-refractivity contribution is 0.763. The molecule has 1 aliphatic heterocycles. The Bertz CT molecular complexity index is 492. The van der Waals surface area contributed by atoms with E-state index in [-0.39, 0.29) is 0 Å². The van der Waals surface area contributed by atoms with Crippen LogP contribution >= 0.6 is 23.4 Å². The standard InChI is InChI=1S/C9H9ClN4S/c10-7-4-8-12-13-9(14(8)5-11-7)6-2-1-3-15-6/h4-6H,1-3H2. The largest absolute Gasteiger partial charge is 0.268 e. The van der Waals surface area contributed by atoms with E-state index in [1.54, 1.807) is 12.4 Å². The minimum Gasteiger partial charge on any atom is -0.268 e. The highest BCUT2D eigenvalue weighted by Crippen LogP contribution is 2.38. The highest BCUT2D eigenvalue weighted by Gasteiger charge is 2.22. The maximum absolute atomic E-state index is 5.79. The van der Waals surface area contributed by atoms with Gasteiger partial charge in [-0.05, 0) is 18.6 Å². The predicted molar refractivity (Wildman–Crippen MR) is 60.2 cm³/mol. The zero-order valence-electron chi connectivity index (χ0n) is 7.93. The van der Waals surface area contributed by atoms with Crippen LogP contribution in [0.4, 0.5) is 0 Å². The molecule has 6 heteroatoms. The third-order valence-corrected chi connectivity index (χ3v) is 4.09. The average molecular weight is 241 g/mol. The first-order valence-electron chi connectivity index (χ1n) is 4.82. The van der Waals surface area contributed by atoms with Crippen LogP contribution in [0.3, 0.4) is 0 Å². The van der Waals surface area contributed by atoms with E-state index in [2.05, 4.69) is 15.2 Å². The van der Waals surface area contributed by atoms with Crippen LogP contribution < -0.4 is 0 Å². The number of halogens is 1. The summed E-state index contributed by atoms with van der Waals surface area (Å²) in [5, 5.41) is 9.23. The average Bonchev–Trinajstić information content (AvgIpc) is 2.82. The van der Waals surface area contributed by atoms with Crippen molar-refractivity contribution in [3.05, 3.63) is 23.4 Å². The van der Waals surface area contributed by atoms with Gasteiger partial charge < -0.3 is 0 Å². The normalized spacial score (nSPS) is 21.3. The smallest absolute Gasteiger partial charge is 0.165 e. The number of fused-ring (bicyclic) bond motifs is 1. The van der Waals surface area contributed by atoms with E-state index < -0.39 is 0 Å². The molecular weight excluding hydrogens is 232 g/mol. The van der Waals surface area contributed by atoms with E-state index in [4.69, 9.17) is 11.6 Å². The van der Waals surface area contributed by atoms with Gasteiger partial charge in [-0.3, -0.25) is 4.40 Å². The molecule has 4 nitrogen and oxygen atoms in total. The zero-order chi connectivity index (χ0) is 10.3. The van der Waals surface area contributed by atoms with Crippen molar-refractivity contribution >= 4 is 29.0 Å². The molecule has 0 saturated carbocycles. The van der Waals surface area contributed by atoms with Crippen molar-refractivity contribution in [3.63, 3.8) is 0 Å². The Hall–Kier alpha value is -0.810. The van der Waals surface area contributed by atoms with Crippen LogP contribution in [0.5, 0.6) is 0 Å². The van der Waals surface area contributed by atoms with Crippen LogP contribution in [-0.4, -0.2) is 25.3 Å². The molecule has 0 aliphatic carbocycles. The van der Waals surface area contributed by atoms with Crippen LogP contribution in [0.1, 0.15) is 23.9 Å². The van der Waals surface area contributed by atoms with E-state index in [0.717, 1.165) is 11.5 Å². The van der Waals surface area contributed by atoms with Crippen LogP contribution in [0.15, 0.2) is 12.4 Å². The molecule has 0 radical (unpaired) electrons. The summed E-state index contributed by atoms with van der Waals surface area (Å²) < 4.78 is 1.93. The Kier molecular flexibility index (Phi) is 2.29. The molecule has 3 rings (SSSR count). The monoisotopic (exact) mass is 240 g/mol. The first-order chi connectivity index (χ1) is 7.34. The van der Waals surface area contributed by atoms with Gasteiger partial charge in [0.1, 0.15) is 11.5 Å². The minimum absolute atomic E-state index is 0.459. The first kappa shape index (κ1) is 9.42. The Morgan fingerprint density at radius 2 is 2.40 bits per heavy atom. The molecule has 1 saturated heterocycles. The fraction of sp³-hybridized carbons (Fsp3) is 0.444. The second-order valence-electron chi connectivity index (χ2n) is 3.50. The molecule has 0 N–H and O–H groups in total. The predicted octanol–water partition coefficient (Wildman–Crippen LogP) is 2.35. The lowest BCUT2D eigenvalue weighted by Crippen LogP contribution is -1.98. The number of nitrogens with zero attached hydrogens (tertiary/aromatic N) is 4. The molecule has 2 aromatic rings. The van der Waals surface area contributed by atoms with Crippen LogP contribution in [0.2, 0.25) is 5.15 Å². The summed E-state index contributed by atoms with van der Waals surface area (Å²) in [5.41, 5.74) is 0.775. The summed E-state index contributed by atoms with van der Waals surface area (Å²) in [5.74, 6) is 2.21. The van der Waals surface area contributed by atoms with Gasteiger partial charge in [-0.2, -0.15) is 11.8 Å². The minimum atomic E-state index is 0.459. The molecule has 1 atom stereocenters. The van der Waals surface area contributed by atoms with E-state index in [0.29, 0.717) is 10.4 Å². The SMILES string of the molecule is Clc1cc2nnc(C3CCCS3)n2cn1. The molecule has 0 aromatic carbocycles. The van der Waals surface area contributed by atoms with Gasteiger partial charge in [0.25, 0.3) is 0 Å². The van der Waals surface area contributed by atoms with Crippen molar-refractivity contribution in [1.82, 2.24) is 19.6 Å². The molecule has 2 aromatic heterocycles. The summed E-state index contributed by atoms with van der Waals surface area (Å²) >= 11 is 7.73. The summed E-state index contributed by atoms with van der Waals surface area (Å²) in [6.07, 6.45) is 4.13. The van der Waals surface area contributed by atoms with Gasteiger partial charge in [-0.1, -0.05) is 11.6 Å². The second kappa shape index (κ2) is 3.64. The van der Waals surface area contributed by atoms with Crippen molar-refractivity contribution in [3.8, 4) is 0 Å². The van der Waals surface area contributed by atoms with Gasteiger partial charge in [-0.25, -0.2) is 4.98 Å². The number of hydrogen-bond acceptors (Lipinski definition) is 4. The highest BCUT2D eigenvalue weighted by molar-refractivity contribution is 7.99. The topological polar surface area (TPSA) is 43.1 Å². The molecule has 1 fully saturated rings. The lowest BCUT2D eigenvalue weighted by Gasteiger charge is -2.04. The van der Waals surface area contributed by atoms with E-state index >= 15 is 0 Å². The number of hydrogen-bond donors (Lipinski definition) is 0. The maximum Gasteiger partial charge on any atom is 0.165 e. The van der Waals surface area contributed by atoms with Gasteiger partial charge in [0.05, 0.1) is 5.25 Å². The molecule has 15 heavy (non-hydrogen) atoms. The molecule has 0 bridgehead atoms. The van der Waals surface area contributed by atoms with Crippen LogP contribution in [0, 0.1) is 0 Å².